The van der Waals surface area contributed by atoms with Gasteiger partial charge < -0.3 is 19.9 Å². The molecule has 2 amide bonds. The lowest BCUT2D eigenvalue weighted by atomic mass is 9.89. The molecule has 1 aromatic heterocycles. The molecule has 1 N–H and O–H groups in total. The number of pyridine rings is 1. The summed E-state index contributed by atoms with van der Waals surface area (Å²) in [5.74, 6) is 0.794. The number of aryl methyl sites for hydroxylation is 1. The van der Waals surface area contributed by atoms with Gasteiger partial charge in [-0.25, -0.2) is 0 Å². The van der Waals surface area contributed by atoms with E-state index in [2.05, 4.69) is 5.32 Å². The van der Waals surface area contributed by atoms with Crippen LogP contribution in [0, 0.1) is 6.92 Å². The van der Waals surface area contributed by atoms with Crippen LogP contribution >= 0.6 is 0 Å². The largest absolute Gasteiger partial charge is 0.494 e. The first-order chi connectivity index (χ1) is 17.9. The average molecular weight is 501 g/mol. The summed E-state index contributed by atoms with van der Waals surface area (Å²) in [7, 11) is 3.90. The number of benzene rings is 2. The first-order valence-electron chi connectivity index (χ1n) is 12.9. The van der Waals surface area contributed by atoms with E-state index in [-0.39, 0.29) is 17.7 Å². The van der Waals surface area contributed by atoms with Crippen molar-refractivity contribution in [2.45, 2.75) is 39.2 Å². The Labute approximate surface area is 219 Å². The van der Waals surface area contributed by atoms with Gasteiger partial charge in [0.1, 0.15) is 5.75 Å². The van der Waals surface area contributed by atoms with E-state index >= 15 is 0 Å². The van der Waals surface area contributed by atoms with Crippen molar-refractivity contribution >= 4 is 17.5 Å². The van der Waals surface area contributed by atoms with Crippen molar-refractivity contribution in [3.63, 3.8) is 0 Å². The maximum Gasteiger partial charge on any atom is 0.255 e. The molecule has 37 heavy (non-hydrogen) atoms. The fourth-order valence-electron chi connectivity index (χ4n) is 4.87. The normalized spacial score (nSPS) is 13.8. The van der Waals surface area contributed by atoms with Crippen molar-refractivity contribution in [2.24, 2.45) is 0 Å². The van der Waals surface area contributed by atoms with Crippen LogP contribution in [0.1, 0.15) is 63.4 Å². The fraction of sp³-hybridized carbons (Fsp3) is 0.367. The molecule has 2 heterocycles. The predicted molar refractivity (Wildman–Crippen MR) is 146 cm³/mol. The minimum Gasteiger partial charge on any atom is -0.494 e. The van der Waals surface area contributed by atoms with Crippen molar-refractivity contribution in [1.82, 2.24) is 15.2 Å². The highest BCUT2D eigenvalue weighted by Crippen LogP contribution is 2.31. The molecule has 1 aliphatic rings. The average Bonchev–Trinajstić information content (AvgIpc) is 2.92. The Hall–Kier alpha value is -3.87. The van der Waals surface area contributed by atoms with Gasteiger partial charge >= 0.3 is 0 Å². The summed E-state index contributed by atoms with van der Waals surface area (Å²) in [5, 5.41) is 3.05. The molecule has 3 aromatic rings. The molecule has 0 atom stereocenters. The van der Waals surface area contributed by atoms with E-state index in [0.717, 1.165) is 41.2 Å². The van der Waals surface area contributed by atoms with Crippen LogP contribution in [0.3, 0.4) is 0 Å². The standard InChI is InChI=1S/C30H36N4O3/c1-5-37-27-13-9-6-10-23(27)20-31-29(35)25-15-14-21(2)32-28(25)22-16-18-34(19-17-22)30(36)24-11-7-8-12-26(24)33(3)4/h6-15,22H,5,16-20H2,1-4H3,(H,31,35). The van der Waals surface area contributed by atoms with Crippen LogP contribution < -0.4 is 15.0 Å². The molecule has 1 fully saturated rings. The van der Waals surface area contributed by atoms with Gasteiger partial charge in [0.15, 0.2) is 0 Å². The Morgan fingerprint density at radius 1 is 1.00 bits per heavy atom. The van der Waals surface area contributed by atoms with E-state index < -0.39 is 0 Å². The quantitative estimate of drug-likeness (QED) is 0.481. The fourth-order valence-corrected chi connectivity index (χ4v) is 4.87. The number of hydrogen-bond acceptors (Lipinski definition) is 5. The van der Waals surface area contributed by atoms with Crippen LogP contribution in [0.15, 0.2) is 60.7 Å². The second kappa shape index (κ2) is 11.9. The molecular weight excluding hydrogens is 464 g/mol. The number of para-hydroxylation sites is 2. The number of nitrogens with one attached hydrogen (secondary N) is 1. The number of nitrogens with zero attached hydrogens (tertiary/aromatic N) is 3. The van der Waals surface area contributed by atoms with Gasteiger partial charge in [0, 0.05) is 56.6 Å². The summed E-state index contributed by atoms with van der Waals surface area (Å²) in [6, 6.07) is 19.2. The Morgan fingerprint density at radius 2 is 1.70 bits per heavy atom. The molecule has 0 unspecified atom stereocenters. The summed E-state index contributed by atoms with van der Waals surface area (Å²) < 4.78 is 5.69. The second-order valence-corrected chi connectivity index (χ2v) is 9.59. The van der Waals surface area contributed by atoms with E-state index in [1.807, 2.05) is 98.4 Å². The maximum atomic E-state index is 13.3. The van der Waals surface area contributed by atoms with Crippen molar-refractivity contribution in [2.75, 3.05) is 38.7 Å². The van der Waals surface area contributed by atoms with Crippen LogP contribution in [0.5, 0.6) is 5.75 Å². The third kappa shape index (κ3) is 6.10. The molecule has 7 heteroatoms. The highest BCUT2D eigenvalue weighted by molar-refractivity contribution is 6.00. The lowest BCUT2D eigenvalue weighted by Crippen LogP contribution is -2.39. The van der Waals surface area contributed by atoms with Gasteiger partial charge in [-0.1, -0.05) is 30.3 Å². The third-order valence-electron chi connectivity index (χ3n) is 6.81. The third-order valence-corrected chi connectivity index (χ3v) is 6.81. The van der Waals surface area contributed by atoms with Crippen molar-refractivity contribution in [3.8, 4) is 5.75 Å². The van der Waals surface area contributed by atoms with Gasteiger partial charge in [-0.05, 0) is 57.0 Å². The van der Waals surface area contributed by atoms with Crippen LogP contribution in [0.2, 0.25) is 0 Å². The Kier molecular flexibility index (Phi) is 8.43. The van der Waals surface area contributed by atoms with Gasteiger partial charge in [-0.3, -0.25) is 14.6 Å². The molecule has 2 aromatic carbocycles. The van der Waals surface area contributed by atoms with Gasteiger partial charge in [-0.15, -0.1) is 0 Å². The monoisotopic (exact) mass is 500 g/mol. The molecule has 0 saturated carbocycles. The minimum atomic E-state index is -0.146. The van der Waals surface area contributed by atoms with Crippen molar-refractivity contribution in [3.05, 3.63) is 88.7 Å². The van der Waals surface area contributed by atoms with Crippen molar-refractivity contribution in [1.29, 1.82) is 0 Å². The highest BCUT2D eigenvalue weighted by Gasteiger charge is 2.29. The first kappa shape index (κ1) is 26.2. The number of amides is 2. The zero-order valence-corrected chi connectivity index (χ0v) is 22.2. The van der Waals surface area contributed by atoms with E-state index in [9.17, 15) is 9.59 Å². The van der Waals surface area contributed by atoms with E-state index in [1.54, 1.807) is 0 Å². The Morgan fingerprint density at radius 3 is 2.43 bits per heavy atom. The molecule has 0 aliphatic carbocycles. The van der Waals surface area contributed by atoms with Gasteiger partial charge in [0.2, 0.25) is 0 Å². The number of aromatic nitrogens is 1. The molecule has 7 nitrogen and oxygen atoms in total. The second-order valence-electron chi connectivity index (χ2n) is 9.59. The Bertz CT molecular complexity index is 1250. The van der Waals surface area contributed by atoms with Crippen LogP contribution in [0.4, 0.5) is 5.69 Å². The zero-order chi connectivity index (χ0) is 26.4. The molecule has 1 saturated heterocycles. The number of rotatable bonds is 8. The summed E-state index contributed by atoms with van der Waals surface area (Å²) in [5.41, 5.74) is 4.86. The van der Waals surface area contributed by atoms with Crippen LogP contribution in [0.25, 0.3) is 0 Å². The lowest BCUT2D eigenvalue weighted by Gasteiger charge is -2.33. The number of likely N-dealkylation sites (tertiary alicyclic amines) is 1. The van der Waals surface area contributed by atoms with Crippen molar-refractivity contribution < 1.29 is 14.3 Å². The number of carbonyl (C=O) groups excluding carboxylic acids is 2. The number of ether oxygens (including phenoxy) is 1. The number of piperidine rings is 1. The predicted octanol–water partition coefficient (Wildman–Crippen LogP) is 4.80. The molecule has 1 aliphatic heterocycles. The first-order valence-corrected chi connectivity index (χ1v) is 12.9. The van der Waals surface area contributed by atoms with E-state index in [0.29, 0.717) is 37.4 Å². The summed E-state index contributed by atoms with van der Waals surface area (Å²) in [4.78, 5) is 35.2. The molecule has 4 rings (SSSR count). The molecular formula is C30H36N4O3. The topological polar surface area (TPSA) is 74.8 Å². The SMILES string of the molecule is CCOc1ccccc1CNC(=O)c1ccc(C)nc1C1CCN(C(=O)c2ccccc2N(C)C)CC1. The van der Waals surface area contributed by atoms with Gasteiger partial charge in [0.25, 0.3) is 11.8 Å². The van der Waals surface area contributed by atoms with Crippen LogP contribution in [-0.2, 0) is 6.54 Å². The molecule has 0 radical (unpaired) electrons. The summed E-state index contributed by atoms with van der Waals surface area (Å²) in [6.07, 6.45) is 1.53. The molecule has 0 bridgehead atoms. The summed E-state index contributed by atoms with van der Waals surface area (Å²) in [6.45, 7) is 6.09. The smallest absolute Gasteiger partial charge is 0.255 e. The zero-order valence-electron chi connectivity index (χ0n) is 22.2. The van der Waals surface area contributed by atoms with Crippen LogP contribution in [-0.4, -0.2) is 55.5 Å². The number of anilines is 1. The Balaban J connectivity index is 1.46. The molecule has 194 valence electrons. The summed E-state index contributed by atoms with van der Waals surface area (Å²) >= 11 is 0. The number of hydrogen-bond donors (Lipinski definition) is 1. The van der Waals surface area contributed by atoms with E-state index in [1.165, 1.54) is 0 Å². The highest BCUT2D eigenvalue weighted by atomic mass is 16.5. The van der Waals surface area contributed by atoms with Gasteiger partial charge in [0.05, 0.1) is 23.4 Å². The lowest BCUT2D eigenvalue weighted by molar-refractivity contribution is 0.0711. The van der Waals surface area contributed by atoms with Gasteiger partial charge in [-0.2, -0.15) is 0 Å². The minimum absolute atomic E-state index is 0.0471. The maximum absolute atomic E-state index is 13.3. The molecule has 0 spiro atoms. The number of carbonyl (C=O) groups is 2. The van der Waals surface area contributed by atoms with E-state index in [4.69, 9.17) is 9.72 Å².